The summed E-state index contributed by atoms with van der Waals surface area (Å²) in [5.74, 6) is 0. The van der Waals surface area contributed by atoms with E-state index in [1.165, 1.54) is 13.1 Å². The van der Waals surface area contributed by atoms with Crippen LogP contribution in [0.15, 0.2) is 23.1 Å². The van der Waals surface area contributed by atoms with Crippen molar-refractivity contribution < 1.29 is 26.5 Å². The zero-order valence-corrected chi connectivity index (χ0v) is 11.8. The number of anilines is 1. The van der Waals surface area contributed by atoms with Gasteiger partial charge in [0.15, 0.2) is 4.90 Å². The first-order valence-corrected chi connectivity index (χ1v) is 6.92. The summed E-state index contributed by atoms with van der Waals surface area (Å²) in [4.78, 5) is 9.16. The van der Waals surface area contributed by atoms with Gasteiger partial charge in [-0.2, -0.15) is 17.5 Å². The third-order valence-electron chi connectivity index (χ3n) is 2.53. The van der Waals surface area contributed by atoms with Gasteiger partial charge in [-0.25, -0.2) is 8.42 Å². The van der Waals surface area contributed by atoms with Crippen LogP contribution in [0.4, 0.5) is 24.5 Å². The fourth-order valence-electron chi connectivity index (χ4n) is 1.54. The van der Waals surface area contributed by atoms with E-state index in [2.05, 4.69) is 5.32 Å². The lowest BCUT2D eigenvalue weighted by molar-refractivity contribution is -0.387. The highest BCUT2D eigenvalue weighted by Gasteiger charge is 2.37. The Bertz CT molecular complexity index is 645. The van der Waals surface area contributed by atoms with E-state index in [1.807, 2.05) is 0 Å². The van der Waals surface area contributed by atoms with E-state index in [1.54, 1.807) is 0 Å². The molecule has 0 aromatic heterocycles. The lowest BCUT2D eigenvalue weighted by Crippen LogP contribution is -2.36. The fraction of sp³-hybridized carbons (Fsp3) is 0.400. The highest BCUT2D eigenvalue weighted by Crippen LogP contribution is 2.30. The lowest BCUT2D eigenvalue weighted by atomic mass is 10.3. The Hall–Kier alpha value is -1.88. The molecule has 1 aromatic rings. The van der Waals surface area contributed by atoms with Crippen LogP contribution in [0.3, 0.4) is 0 Å². The molecule has 0 radical (unpaired) electrons. The van der Waals surface area contributed by atoms with Gasteiger partial charge in [0.1, 0.15) is 6.54 Å². The second-order valence-corrected chi connectivity index (χ2v) is 6.08. The molecular formula is C10H12F3N3O4S. The third-order valence-corrected chi connectivity index (χ3v) is 4.39. The van der Waals surface area contributed by atoms with E-state index in [9.17, 15) is 31.7 Å². The van der Waals surface area contributed by atoms with Crippen LogP contribution in [0.5, 0.6) is 0 Å². The highest BCUT2D eigenvalue weighted by atomic mass is 32.2. The average Bonchev–Trinajstić information content (AvgIpc) is 2.35. The molecule has 0 saturated carbocycles. The van der Waals surface area contributed by atoms with Crippen LogP contribution in [0.2, 0.25) is 0 Å². The Labute approximate surface area is 118 Å². The van der Waals surface area contributed by atoms with Gasteiger partial charge in [0.25, 0.3) is 5.69 Å². The van der Waals surface area contributed by atoms with Crippen molar-refractivity contribution in [2.24, 2.45) is 0 Å². The molecule has 0 aliphatic rings. The van der Waals surface area contributed by atoms with Gasteiger partial charge in [-0.05, 0) is 12.1 Å². The SMILES string of the molecule is CNc1ccc(S(=O)(=O)N(C)CC(F)(F)F)c([N+](=O)[O-])c1. The van der Waals surface area contributed by atoms with Crippen molar-refractivity contribution in [3.05, 3.63) is 28.3 Å². The molecule has 0 aliphatic heterocycles. The van der Waals surface area contributed by atoms with Crippen LogP contribution < -0.4 is 5.32 Å². The molecule has 21 heavy (non-hydrogen) atoms. The Balaban J connectivity index is 3.34. The normalized spacial score (nSPS) is 12.5. The minimum Gasteiger partial charge on any atom is -0.388 e. The standard InChI is InChI=1S/C10H12F3N3O4S/c1-14-7-3-4-9(8(5-7)16(17)18)21(19,20)15(2)6-10(11,12)13/h3-5,14H,6H2,1-2H3. The van der Waals surface area contributed by atoms with Crippen LogP contribution in [0.1, 0.15) is 0 Å². The molecule has 11 heteroatoms. The number of benzene rings is 1. The number of hydrogen-bond acceptors (Lipinski definition) is 5. The average molecular weight is 327 g/mol. The maximum Gasteiger partial charge on any atom is 0.402 e. The number of hydrogen-bond donors (Lipinski definition) is 1. The molecule has 118 valence electrons. The van der Waals surface area contributed by atoms with Crippen LogP contribution >= 0.6 is 0 Å². The predicted octanol–water partition coefficient (Wildman–Crippen LogP) is 1.82. The molecule has 0 unspecified atom stereocenters. The van der Waals surface area contributed by atoms with Crippen molar-refractivity contribution in [3.63, 3.8) is 0 Å². The summed E-state index contributed by atoms with van der Waals surface area (Å²) < 4.78 is 60.9. The van der Waals surface area contributed by atoms with Crippen LogP contribution in [0.25, 0.3) is 0 Å². The number of nitrogens with zero attached hydrogens (tertiary/aromatic N) is 2. The van der Waals surface area contributed by atoms with Crippen molar-refractivity contribution in [3.8, 4) is 0 Å². The monoisotopic (exact) mass is 327 g/mol. The van der Waals surface area contributed by atoms with Crippen molar-refractivity contribution in [1.29, 1.82) is 0 Å². The minimum absolute atomic E-state index is 0.0222. The van der Waals surface area contributed by atoms with E-state index in [0.717, 1.165) is 12.1 Å². The van der Waals surface area contributed by atoms with Crippen molar-refractivity contribution >= 4 is 21.4 Å². The Morgan fingerprint density at radius 1 is 1.38 bits per heavy atom. The maximum absolute atomic E-state index is 12.3. The number of halogens is 3. The first-order valence-electron chi connectivity index (χ1n) is 5.48. The quantitative estimate of drug-likeness (QED) is 0.658. The fourth-order valence-corrected chi connectivity index (χ4v) is 2.83. The maximum atomic E-state index is 12.3. The van der Waals surface area contributed by atoms with Crippen molar-refractivity contribution in [2.45, 2.75) is 11.1 Å². The molecule has 0 atom stereocenters. The zero-order chi connectivity index (χ0) is 16.4. The molecule has 0 bridgehead atoms. The molecule has 0 saturated heterocycles. The van der Waals surface area contributed by atoms with Crippen LogP contribution in [-0.4, -0.2) is 44.5 Å². The van der Waals surface area contributed by atoms with E-state index < -0.39 is 38.3 Å². The summed E-state index contributed by atoms with van der Waals surface area (Å²) >= 11 is 0. The lowest BCUT2D eigenvalue weighted by Gasteiger charge is -2.18. The van der Waals surface area contributed by atoms with Gasteiger partial charge in [-0.15, -0.1) is 0 Å². The van der Waals surface area contributed by atoms with E-state index in [-0.39, 0.29) is 9.99 Å². The Morgan fingerprint density at radius 3 is 2.38 bits per heavy atom. The number of sulfonamides is 1. The van der Waals surface area contributed by atoms with Crippen molar-refractivity contribution in [2.75, 3.05) is 26.0 Å². The second-order valence-electron chi connectivity index (χ2n) is 4.07. The number of alkyl halides is 3. The minimum atomic E-state index is -4.75. The number of nitrogens with one attached hydrogen (secondary N) is 1. The van der Waals surface area contributed by atoms with E-state index >= 15 is 0 Å². The summed E-state index contributed by atoms with van der Waals surface area (Å²) in [6.07, 6.45) is -4.75. The van der Waals surface area contributed by atoms with Crippen molar-refractivity contribution in [1.82, 2.24) is 4.31 Å². The Kier molecular flexibility index (Phi) is 4.79. The summed E-state index contributed by atoms with van der Waals surface area (Å²) in [5.41, 5.74) is -0.532. The van der Waals surface area contributed by atoms with Gasteiger partial charge in [0.05, 0.1) is 4.92 Å². The topological polar surface area (TPSA) is 92.6 Å². The third kappa shape index (κ3) is 4.04. The zero-order valence-electron chi connectivity index (χ0n) is 11.0. The molecule has 1 aromatic carbocycles. The van der Waals surface area contributed by atoms with E-state index in [4.69, 9.17) is 0 Å². The molecule has 0 amide bonds. The molecule has 0 spiro atoms. The highest BCUT2D eigenvalue weighted by molar-refractivity contribution is 7.89. The summed E-state index contributed by atoms with van der Waals surface area (Å²) in [6, 6.07) is 3.06. The molecule has 7 nitrogen and oxygen atoms in total. The molecule has 0 heterocycles. The molecule has 0 fully saturated rings. The predicted molar refractivity (Wildman–Crippen MR) is 68.5 cm³/mol. The first-order chi connectivity index (χ1) is 9.49. The molecule has 1 rings (SSSR count). The molecule has 0 aliphatic carbocycles. The molecule has 1 N–H and O–H groups in total. The second kappa shape index (κ2) is 5.85. The van der Waals surface area contributed by atoms with Gasteiger partial charge in [0, 0.05) is 25.8 Å². The Morgan fingerprint density at radius 2 is 1.95 bits per heavy atom. The van der Waals surface area contributed by atoms with Gasteiger partial charge >= 0.3 is 6.18 Å². The first kappa shape index (κ1) is 17.2. The summed E-state index contributed by atoms with van der Waals surface area (Å²) in [7, 11) is -2.46. The van der Waals surface area contributed by atoms with E-state index in [0.29, 0.717) is 7.05 Å². The summed E-state index contributed by atoms with van der Waals surface area (Å²) in [5, 5.41) is 13.5. The number of rotatable bonds is 5. The van der Waals surface area contributed by atoms with Gasteiger partial charge in [-0.3, -0.25) is 10.1 Å². The van der Waals surface area contributed by atoms with Crippen LogP contribution in [0, 0.1) is 10.1 Å². The van der Waals surface area contributed by atoms with Gasteiger partial charge in [0.2, 0.25) is 10.0 Å². The van der Waals surface area contributed by atoms with Gasteiger partial charge < -0.3 is 5.32 Å². The summed E-state index contributed by atoms with van der Waals surface area (Å²) in [6.45, 7) is -1.74. The number of nitro groups is 1. The largest absolute Gasteiger partial charge is 0.402 e. The van der Waals surface area contributed by atoms with Crippen LogP contribution in [-0.2, 0) is 10.0 Å². The number of nitro benzene ring substituents is 1. The molecular weight excluding hydrogens is 315 g/mol. The van der Waals surface area contributed by atoms with Gasteiger partial charge in [-0.1, -0.05) is 0 Å². The smallest absolute Gasteiger partial charge is 0.388 e.